The van der Waals surface area contributed by atoms with Crippen LogP contribution in [0.25, 0.3) is 0 Å². The topological polar surface area (TPSA) is 76.9 Å². The van der Waals surface area contributed by atoms with Gasteiger partial charge in [0.2, 0.25) is 5.91 Å². The maximum atomic E-state index is 12.5. The van der Waals surface area contributed by atoms with Crippen LogP contribution in [0.1, 0.15) is 17.7 Å². The zero-order valence-electron chi connectivity index (χ0n) is 11.9. The zero-order valence-corrected chi connectivity index (χ0v) is 12.8. The summed E-state index contributed by atoms with van der Waals surface area (Å²) in [6, 6.07) is 0. The van der Waals surface area contributed by atoms with E-state index in [1.165, 1.54) is 0 Å². The van der Waals surface area contributed by atoms with Crippen molar-refractivity contribution in [1.29, 1.82) is 0 Å². The predicted molar refractivity (Wildman–Crippen MR) is 78.7 cm³/mol. The lowest BCUT2D eigenvalue weighted by molar-refractivity contribution is -0.168. The van der Waals surface area contributed by atoms with Crippen molar-refractivity contribution < 1.29 is 15.0 Å². The second kappa shape index (κ2) is 6.00. The molecule has 0 bridgehead atoms. The Kier molecular flexibility index (Phi) is 4.26. The van der Waals surface area contributed by atoms with Crippen molar-refractivity contribution in [3.8, 4) is 0 Å². The summed E-state index contributed by atoms with van der Waals surface area (Å²) in [4.78, 5) is 21.7. The lowest BCUT2D eigenvalue weighted by Crippen LogP contribution is -2.66. The molecule has 1 amide bonds. The van der Waals surface area contributed by atoms with E-state index in [2.05, 4.69) is 9.88 Å². The van der Waals surface area contributed by atoms with Crippen LogP contribution >= 0.6 is 11.3 Å². The van der Waals surface area contributed by atoms with Crippen LogP contribution in [0, 0.1) is 5.41 Å². The Morgan fingerprint density at radius 2 is 2.33 bits per heavy atom. The number of likely N-dealkylation sites (tertiary alicyclic amines) is 2. The van der Waals surface area contributed by atoms with Gasteiger partial charge in [-0.25, -0.2) is 0 Å². The minimum atomic E-state index is -0.719. The van der Waals surface area contributed by atoms with Crippen molar-refractivity contribution in [2.75, 3.05) is 32.8 Å². The third kappa shape index (κ3) is 2.96. The summed E-state index contributed by atoms with van der Waals surface area (Å²) in [6.45, 7) is 3.25. The molecule has 116 valence electrons. The molecule has 2 fully saturated rings. The maximum Gasteiger partial charge on any atom is 0.232 e. The Bertz CT molecular complexity index is 496. The molecule has 2 aliphatic rings. The standard InChI is InChI=1S/C14H21N3O3S/c18-7-11(19)5-16-3-1-2-14(8-16)9-17(13(14)20)6-12-4-15-10-21-12/h4,10-11,18-19H,1-3,5-9H2/t11-,14-/m0/s1. The number of carbonyl (C=O) groups excluding carboxylic acids is 1. The lowest BCUT2D eigenvalue weighted by Gasteiger charge is -2.53. The molecule has 7 heteroatoms. The number of aromatic nitrogens is 1. The van der Waals surface area contributed by atoms with E-state index in [4.69, 9.17) is 5.11 Å². The second-order valence-corrected chi connectivity index (χ2v) is 7.06. The number of piperidine rings is 1. The van der Waals surface area contributed by atoms with Gasteiger partial charge in [-0.2, -0.15) is 0 Å². The molecule has 2 aliphatic heterocycles. The van der Waals surface area contributed by atoms with Gasteiger partial charge in [0.1, 0.15) is 0 Å². The van der Waals surface area contributed by atoms with E-state index in [-0.39, 0.29) is 17.9 Å². The number of amides is 1. The largest absolute Gasteiger partial charge is 0.394 e. The number of thiazole rings is 1. The van der Waals surface area contributed by atoms with Gasteiger partial charge in [-0.15, -0.1) is 11.3 Å². The van der Waals surface area contributed by atoms with Crippen LogP contribution in [0.15, 0.2) is 11.7 Å². The monoisotopic (exact) mass is 311 g/mol. The third-order valence-corrected chi connectivity index (χ3v) is 5.16. The van der Waals surface area contributed by atoms with Gasteiger partial charge in [0.05, 0.1) is 30.2 Å². The van der Waals surface area contributed by atoms with Crippen LogP contribution in [0.3, 0.4) is 0 Å². The van der Waals surface area contributed by atoms with Crippen molar-refractivity contribution in [3.05, 3.63) is 16.6 Å². The van der Waals surface area contributed by atoms with E-state index in [1.807, 2.05) is 11.1 Å². The molecule has 0 saturated carbocycles. The molecular weight excluding hydrogens is 290 g/mol. The van der Waals surface area contributed by atoms with Crippen molar-refractivity contribution >= 4 is 17.2 Å². The SMILES string of the molecule is O=C1N(Cc2cncs2)C[C@@]12CCCN(C[C@H](O)CO)C2. The molecule has 0 unspecified atom stereocenters. The van der Waals surface area contributed by atoms with Gasteiger partial charge in [0, 0.05) is 30.7 Å². The predicted octanol–water partition coefficient (Wildman–Crippen LogP) is -0.0793. The Morgan fingerprint density at radius 1 is 1.48 bits per heavy atom. The first-order valence-electron chi connectivity index (χ1n) is 7.31. The molecule has 1 spiro atoms. The first-order valence-corrected chi connectivity index (χ1v) is 8.19. The molecule has 3 heterocycles. The average molecular weight is 311 g/mol. The smallest absolute Gasteiger partial charge is 0.232 e. The molecule has 1 aromatic rings. The number of β-lactam (4-membered cyclic amide) rings is 1. The number of aliphatic hydroxyl groups is 2. The van der Waals surface area contributed by atoms with Crippen LogP contribution in [0.5, 0.6) is 0 Å². The van der Waals surface area contributed by atoms with Gasteiger partial charge in [0.25, 0.3) is 0 Å². The molecule has 0 aliphatic carbocycles. The fourth-order valence-corrected chi connectivity index (χ4v) is 4.04. The highest BCUT2D eigenvalue weighted by Gasteiger charge is 2.53. The molecule has 0 aromatic carbocycles. The maximum absolute atomic E-state index is 12.5. The van der Waals surface area contributed by atoms with Gasteiger partial charge in [0.15, 0.2) is 0 Å². The van der Waals surface area contributed by atoms with Gasteiger partial charge in [-0.1, -0.05) is 0 Å². The van der Waals surface area contributed by atoms with Crippen LogP contribution in [-0.4, -0.2) is 69.8 Å². The summed E-state index contributed by atoms with van der Waals surface area (Å²) < 4.78 is 0. The summed E-state index contributed by atoms with van der Waals surface area (Å²) in [5.74, 6) is 0.221. The van der Waals surface area contributed by atoms with E-state index < -0.39 is 6.10 Å². The highest BCUT2D eigenvalue weighted by atomic mass is 32.1. The Balaban J connectivity index is 1.57. The summed E-state index contributed by atoms with van der Waals surface area (Å²) in [5, 5.41) is 18.5. The van der Waals surface area contributed by atoms with Crippen molar-refractivity contribution in [2.24, 2.45) is 5.41 Å². The number of carbonyl (C=O) groups is 1. The molecule has 3 rings (SSSR count). The van der Waals surface area contributed by atoms with Crippen molar-refractivity contribution in [3.63, 3.8) is 0 Å². The van der Waals surface area contributed by atoms with Crippen LogP contribution < -0.4 is 0 Å². The molecule has 2 atom stereocenters. The minimum Gasteiger partial charge on any atom is -0.394 e. The summed E-state index contributed by atoms with van der Waals surface area (Å²) in [7, 11) is 0. The molecule has 21 heavy (non-hydrogen) atoms. The third-order valence-electron chi connectivity index (χ3n) is 4.40. The lowest BCUT2D eigenvalue weighted by atomic mass is 9.72. The summed E-state index contributed by atoms with van der Waals surface area (Å²) >= 11 is 1.57. The molecule has 0 radical (unpaired) electrons. The van der Waals surface area contributed by atoms with Crippen molar-refractivity contribution in [2.45, 2.75) is 25.5 Å². The number of β-amino-alcohol motifs (C(OH)–C–C–N with tert-alkyl or cyclic N) is 1. The normalized spacial score (nSPS) is 27.9. The highest BCUT2D eigenvalue weighted by molar-refractivity contribution is 7.09. The first kappa shape index (κ1) is 14.9. The minimum absolute atomic E-state index is 0.221. The van der Waals surface area contributed by atoms with E-state index in [0.29, 0.717) is 19.6 Å². The molecule has 6 nitrogen and oxygen atoms in total. The number of nitrogens with zero attached hydrogens (tertiary/aromatic N) is 3. The average Bonchev–Trinajstić information content (AvgIpc) is 3.00. The van der Waals surface area contributed by atoms with Crippen LogP contribution in [-0.2, 0) is 11.3 Å². The van der Waals surface area contributed by atoms with E-state index in [0.717, 1.165) is 30.8 Å². The van der Waals surface area contributed by atoms with Crippen LogP contribution in [0.4, 0.5) is 0 Å². The van der Waals surface area contributed by atoms with E-state index >= 15 is 0 Å². The Labute approximate surface area is 128 Å². The quantitative estimate of drug-likeness (QED) is 0.744. The molecule has 2 saturated heterocycles. The van der Waals surface area contributed by atoms with E-state index in [1.54, 1.807) is 16.8 Å². The fourth-order valence-electron chi connectivity index (χ4n) is 3.43. The number of aliphatic hydroxyl groups excluding tert-OH is 2. The van der Waals surface area contributed by atoms with E-state index in [9.17, 15) is 9.90 Å². The number of rotatable bonds is 5. The molecule has 2 N–H and O–H groups in total. The van der Waals surface area contributed by atoms with Crippen LogP contribution in [0.2, 0.25) is 0 Å². The first-order chi connectivity index (χ1) is 10.1. The number of hydrogen-bond donors (Lipinski definition) is 2. The van der Waals surface area contributed by atoms with Gasteiger partial charge in [-0.05, 0) is 19.4 Å². The number of hydrogen-bond acceptors (Lipinski definition) is 6. The second-order valence-electron chi connectivity index (χ2n) is 6.08. The fraction of sp³-hybridized carbons (Fsp3) is 0.714. The Morgan fingerprint density at radius 3 is 3.00 bits per heavy atom. The molecule has 1 aromatic heterocycles. The zero-order chi connectivity index (χ0) is 14.9. The Hall–Kier alpha value is -1.02. The van der Waals surface area contributed by atoms with Gasteiger partial charge >= 0.3 is 0 Å². The summed E-state index contributed by atoms with van der Waals surface area (Å²) in [5.41, 5.74) is 1.52. The van der Waals surface area contributed by atoms with Crippen molar-refractivity contribution in [1.82, 2.24) is 14.8 Å². The van der Waals surface area contributed by atoms with Gasteiger partial charge < -0.3 is 15.1 Å². The highest BCUT2D eigenvalue weighted by Crippen LogP contribution is 2.41. The summed E-state index contributed by atoms with van der Waals surface area (Å²) in [6.07, 6.45) is 2.99. The van der Waals surface area contributed by atoms with Gasteiger partial charge in [-0.3, -0.25) is 14.7 Å². The molecular formula is C14H21N3O3S.